The van der Waals surface area contributed by atoms with Gasteiger partial charge in [0.25, 0.3) is 0 Å². The molecule has 0 radical (unpaired) electrons. The van der Waals surface area contributed by atoms with Gasteiger partial charge in [-0.15, -0.1) is 0 Å². The number of esters is 1. The van der Waals surface area contributed by atoms with Crippen LogP contribution in [0.1, 0.15) is 13.3 Å². The lowest BCUT2D eigenvalue weighted by atomic mass is 10.4. The van der Waals surface area contributed by atoms with Gasteiger partial charge in [0, 0.05) is 26.2 Å². The van der Waals surface area contributed by atoms with Crippen LogP contribution >= 0.6 is 0 Å². The van der Waals surface area contributed by atoms with Crippen LogP contribution in [0.5, 0.6) is 0 Å². The average Bonchev–Trinajstić information content (AvgIpc) is 2.45. The van der Waals surface area contributed by atoms with Crippen molar-refractivity contribution in [3.63, 3.8) is 0 Å². The van der Waals surface area contributed by atoms with Gasteiger partial charge in [0.1, 0.15) is 0 Å². The lowest BCUT2D eigenvalue weighted by Gasteiger charge is -2.20. The number of aliphatic hydroxyl groups is 1. The van der Waals surface area contributed by atoms with Crippen molar-refractivity contribution in [3.8, 4) is 0 Å². The van der Waals surface area contributed by atoms with Crippen LogP contribution in [-0.4, -0.2) is 73.4 Å². The van der Waals surface area contributed by atoms with Crippen LogP contribution in [-0.2, 0) is 9.53 Å². The normalized spacial score (nSPS) is 19.4. The predicted octanol–water partition coefficient (Wildman–Crippen LogP) is -0.450. The highest BCUT2D eigenvalue weighted by atomic mass is 16.5. The Morgan fingerprint density at radius 3 is 2.62 bits per heavy atom. The van der Waals surface area contributed by atoms with Gasteiger partial charge >= 0.3 is 5.97 Å². The first-order valence-electron chi connectivity index (χ1n) is 5.97. The van der Waals surface area contributed by atoms with E-state index in [1.54, 1.807) is 0 Å². The van der Waals surface area contributed by atoms with E-state index in [1.807, 2.05) is 6.92 Å². The summed E-state index contributed by atoms with van der Waals surface area (Å²) in [5, 5.41) is 8.86. The van der Waals surface area contributed by atoms with Gasteiger partial charge in [-0.3, -0.25) is 14.6 Å². The summed E-state index contributed by atoms with van der Waals surface area (Å²) in [6.45, 7) is 7.32. The maximum Gasteiger partial charge on any atom is 0.320 e. The smallest absolute Gasteiger partial charge is 0.320 e. The summed E-state index contributed by atoms with van der Waals surface area (Å²) >= 11 is 0. The lowest BCUT2D eigenvalue weighted by Crippen LogP contribution is -2.35. The molecular formula is C11H22N2O3. The molecule has 0 aromatic carbocycles. The minimum absolute atomic E-state index is 0.141. The van der Waals surface area contributed by atoms with Crippen molar-refractivity contribution in [3.05, 3.63) is 0 Å². The van der Waals surface area contributed by atoms with Gasteiger partial charge in [-0.1, -0.05) is 0 Å². The molecule has 1 saturated heterocycles. The Labute approximate surface area is 97.0 Å². The largest absolute Gasteiger partial charge is 0.465 e. The molecule has 0 aromatic rings. The van der Waals surface area contributed by atoms with Crippen molar-refractivity contribution in [1.82, 2.24) is 9.80 Å². The topological polar surface area (TPSA) is 53.0 Å². The van der Waals surface area contributed by atoms with E-state index in [4.69, 9.17) is 9.84 Å². The second-order valence-corrected chi connectivity index (χ2v) is 4.00. The molecule has 5 nitrogen and oxygen atoms in total. The molecule has 0 atom stereocenters. The van der Waals surface area contributed by atoms with Crippen LogP contribution in [0.2, 0.25) is 0 Å². The first kappa shape index (κ1) is 13.4. The average molecular weight is 230 g/mol. The van der Waals surface area contributed by atoms with Gasteiger partial charge in [-0.05, 0) is 19.9 Å². The fourth-order valence-corrected chi connectivity index (χ4v) is 1.94. The Morgan fingerprint density at radius 2 is 1.94 bits per heavy atom. The molecule has 1 rings (SSSR count). The van der Waals surface area contributed by atoms with Crippen LogP contribution in [0.15, 0.2) is 0 Å². The molecule has 0 aromatic heterocycles. The Hall–Kier alpha value is -0.650. The molecule has 0 unspecified atom stereocenters. The molecule has 16 heavy (non-hydrogen) atoms. The molecule has 0 spiro atoms. The quantitative estimate of drug-likeness (QED) is 0.648. The number of β-amino-alcohol motifs (C(OH)–C–C–N with tert-alkyl or cyclic N) is 1. The van der Waals surface area contributed by atoms with Gasteiger partial charge < -0.3 is 9.84 Å². The Bertz CT molecular complexity index is 211. The van der Waals surface area contributed by atoms with E-state index >= 15 is 0 Å². The third-order valence-electron chi connectivity index (χ3n) is 2.76. The van der Waals surface area contributed by atoms with Crippen LogP contribution in [0, 0.1) is 0 Å². The Morgan fingerprint density at radius 1 is 1.25 bits per heavy atom. The summed E-state index contributed by atoms with van der Waals surface area (Å²) < 4.78 is 4.93. The third kappa shape index (κ3) is 4.92. The van der Waals surface area contributed by atoms with Gasteiger partial charge in [0.2, 0.25) is 0 Å². The fourth-order valence-electron chi connectivity index (χ4n) is 1.94. The van der Waals surface area contributed by atoms with Crippen LogP contribution in [0.3, 0.4) is 0 Å². The molecule has 1 fully saturated rings. The number of aliphatic hydroxyl groups excluding tert-OH is 1. The fraction of sp³-hybridized carbons (Fsp3) is 0.909. The van der Waals surface area contributed by atoms with E-state index in [1.165, 1.54) is 0 Å². The minimum atomic E-state index is -0.141. The Balaban J connectivity index is 2.27. The van der Waals surface area contributed by atoms with E-state index in [0.29, 0.717) is 13.2 Å². The van der Waals surface area contributed by atoms with E-state index in [-0.39, 0.29) is 12.6 Å². The van der Waals surface area contributed by atoms with Crippen molar-refractivity contribution in [2.24, 2.45) is 0 Å². The lowest BCUT2D eigenvalue weighted by molar-refractivity contribution is -0.144. The summed E-state index contributed by atoms with van der Waals surface area (Å²) in [5.74, 6) is -0.141. The van der Waals surface area contributed by atoms with Crippen molar-refractivity contribution < 1.29 is 14.6 Å². The highest BCUT2D eigenvalue weighted by Crippen LogP contribution is 2.02. The van der Waals surface area contributed by atoms with E-state index in [9.17, 15) is 4.79 Å². The van der Waals surface area contributed by atoms with Gasteiger partial charge in [0.05, 0.1) is 19.8 Å². The molecule has 1 heterocycles. The first-order chi connectivity index (χ1) is 7.76. The second kappa shape index (κ2) is 7.60. The minimum Gasteiger partial charge on any atom is -0.465 e. The first-order valence-corrected chi connectivity index (χ1v) is 5.97. The monoisotopic (exact) mass is 230 g/mol. The van der Waals surface area contributed by atoms with Crippen molar-refractivity contribution in [1.29, 1.82) is 0 Å². The summed E-state index contributed by atoms with van der Waals surface area (Å²) in [5.41, 5.74) is 0. The molecular weight excluding hydrogens is 208 g/mol. The van der Waals surface area contributed by atoms with Crippen LogP contribution in [0.25, 0.3) is 0 Å². The van der Waals surface area contributed by atoms with Crippen LogP contribution < -0.4 is 0 Å². The highest BCUT2D eigenvalue weighted by Gasteiger charge is 2.16. The molecule has 1 N–H and O–H groups in total. The van der Waals surface area contributed by atoms with Crippen molar-refractivity contribution in [2.75, 3.05) is 52.5 Å². The number of hydrogen-bond donors (Lipinski definition) is 1. The summed E-state index contributed by atoms with van der Waals surface area (Å²) in [6, 6.07) is 0. The third-order valence-corrected chi connectivity index (χ3v) is 2.76. The predicted molar refractivity (Wildman–Crippen MR) is 61.2 cm³/mol. The second-order valence-electron chi connectivity index (χ2n) is 4.00. The molecule has 0 amide bonds. The van der Waals surface area contributed by atoms with Gasteiger partial charge in [0.15, 0.2) is 0 Å². The summed E-state index contributed by atoms with van der Waals surface area (Å²) in [6.07, 6.45) is 1.04. The summed E-state index contributed by atoms with van der Waals surface area (Å²) in [4.78, 5) is 15.7. The number of rotatable bonds is 5. The molecule has 5 heteroatoms. The number of nitrogens with zero attached hydrogens (tertiary/aromatic N) is 2. The standard InChI is InChI=1S/C11H22N2O3/c1-2-16-11(15)10-13-5-3-4-12(6-7-13)8-9-14/h14H,2-10H2,1H3. The van der Waals surface area contributed by atoms with E-state index in [0.717, 1.165) is 39.1 Å². The van der Waals surface area contributed by atoms with Crippen molar-refractivity contribution in [2.45, 2.75) is 13.3 Å². The zero-order chi connectivity index (χ0) is 11.8. The molecule has 94 valence electrons. The van der Waals surface area contributed by atoms with Crippen molar-refractivity contribution >= 4 is 5.97 Å². The Kier molecular flexibility index (Phi) is 6.37. The van der Waals surface area contributed by atoms with Gasteiger partial charge in [-0.25, -0.2) is 0 Å². The number of carbonyl (C=O) groups is 1. The number of ether oxygens (including phenoxy) is 1. The molecule has 0 saturated carbocycles. The van der Waals surface area contributed by atoms with Crippen LogP contribution in [0.4, 0.5) is 0 Å². The molecule has 0 aliphatic carbocycles. The molecule has 1 aliphatic heterocycles. The SMILES string of the molecule is CCOC(=O)CN1CCCN(CCO)CC1. The molecule has 1 aliphatic rings. The highest BCUT2D eigenvalue weighted by molar-refractivity contribution is 5.71. The zero-order valence-corrected chi connectivity index (χ0v) is 10.0. The molecule has 0 bridgehead atoms. The maximum absolute atomic E-state index is 11.3. The van der Waals surface area contributed by atoms with E-state index in [2.05, 4.69) is 9.80 Å². The van der Waals surface area contributed by atoms with Gasteiger partial charge in [-0.2, -0.15) is 0 Å². The number of hydrogen-bond acceptors (Lipinski definition) is 5. The summed E-state index contributed by atoms with van der Waals surface area (Å²) in [7, 11) is 0. The maximum atomic E-state index is 11.3. The van der Waals surface area contributed by atoms with E-state index < -0.39 is 0 Å². The zero-order valence-electron chi connectivity index (χ0n) is 10.0. The number of carbonyl (C=O) groups excluding carboxylic acids is 1.